The third-order valence-electron chi connectivity index (χ3n) is 7.71. The molecule has 6 rings (SSSR count). The van der Waals surface area contributed by atoms with Crippen molar-refractivity contribution >= 4 is 12.4 Å². The van der Waals surface area contributed by atoms with Crippen LogP contribution >= 0.6 is 12.4 Å². The molecule has 0 amide bonds. The number of hydrogen-bond donors (Lipinski definition) is 2. The van der Waals surface area contributed by atoms with Crippen molar-refractivity contribution < 1.29 is 25.9 Å². The van der Waals surface area contributed by atoms with Crippen molar-refractivity contribution in [3.8, 4) is 11.5 Å². The molecule has 2 saturated carbocycles. The molecule has 2 heterocycles. The normalized spacial score (nSPS) is 37.0. The highest BCUT2D eigenvalue weighted by molar-refractivity contribution is 5.85. The molecule has 28 heavy (non-hydrogen) atoms. The van der Waals surface area contributed by atoms with Crippen LogP contribution in [0.2, 0.25) is 0 Å². The number of benzene rings is 1. The largest absolute Gasteiger partial charge is 0.504 e. The van der Waals surface area contributed by atoms with E-state index in [1.54, 1.807) is 6.07 Å². The molecule has 6 N–H and O–H groups in total. The van der Waals surface area contributed by atoms with Crippen molar-refractivity contribution in [3.63, 3.8) is 0 Å². The summed E-state index contributed by atoms with van der Waals surface area (Å²) in [6.07, 6.45) is 5.79. The van der Waals surface area contributed by atoms with Crippen molar-refractivity contribution in [1.29, 1.82) is 0 Å². The first kappa shape index (κ1) is 21.4. The molecule has 0 aromatic heterocycles. The topological polar surface area (TPSA) is 116 Å². The minimum absolute atomic E-state index is 0. The zero-order valence-corrected chi connectivity index (χ0v) is 16.7. The Morgan fingerprint density at radius 2 is 1.96 bits per heavy atom. The Morgan fingerprint density at radius 1 is 1.21 bits per heavy atom. The summed E-state index contributed by atoms with van der Waals surface area (Å²) in [5.41, 5.74) is 2.21. The predicted molar refractivity (Wildman–Crippen MR) is 108 cm³/mol. The minimum atomic E-state index is -0.780. The molecule has 0 radical (unpaired) electrons. The predicted octanol–water partition coefficient (Wildman–Crippen LogP) is 1.28. The number of hydrogen-bond acceptors (Lipinski definition) is 4. The van der Waals surface area contributed by atoms with Gasteiger partial charge < -0.3 is 25.9 Å². The second-order valence-corrected chi connectivity index (χ2v) is 8.91. The SMILES string of the molecule is C=C1CC[C@@]2(O)[C@H]3Cc4ccc(O)c5c4[C@@]2(CCN3CC2CC2)[C@H]1O5.Cl.O.O. The molecular formula is C21H30ClNO5. The van der Waals surface area contributed by atoms with Crippen molar-refractivity contribution in [2.45, 2.75) is 61.7 Å². The number of phenolic OH excluding ortho intramolecular Hbond substituents is 1. The molecular weight excluding hydrogens is 382 g/mol. The summed E-state index contributed by atoms with van der Waals surface area (Å²) in [5.74, 6) is 1.64. The van der Waals surface area contributed by atoms with Crippen LogP contribution in [0.15, 0.2) is 24.3 Å². The van der Waals surface area contributed by atoms with Gasteiger partial charge in [0.15, 0.2) is 11.5 Å². The molecule has 1 aromatic carbocycles. The summed E-state index contributed by atoms with van der Waals surface area (Å²) < 4.78 is 6.29. The molecule has 1 saturated heterocycles. The first-order chi connectivity index (χ1) is 12.0. The molecule has 156 valence electrons. The van der Waals surface area contributed by atoms with Gasteiger partial charge in [-0.3, -0.25) is 4.90 Å². The van der Waals surface area contributed by atoms with E-state index in [2.05, 4.69) is 11.5 Å². The van der Waals surface area contributed by atoms with Gasteiger partial charge in [0, 0.05) is 18.2 Å². The van der Waals surface area contributed by atoms with Crippen LogP contribution in [0.1, 0.15) is 43.2 Å². The minimum Gasteiger partial charge on any atom is -0.504 e. The van der Waals surface area contributed by atoms with Gasteiger partial charge in [-0.05, 0) is 68.2 Å². The zero-order valence-electron chi connectivity index (χ0n) is 15.9. The van der Waals surface area contributed by atoms with Gasteiger partial charge in [0.05, 0.1) is 11.0 Å². The summed E-state index contributed by atoms with van der Waals surface area (Å²) in [6.45, 7) is 6.40. The van der Waals surface area contributed by atoms with Gasteiger partial charge in [0.25, 0.3) is 0 Å². The van der Waals surface area contributed by atoms with Gasteiger partial charge in [-0.1, -0.05) is 12.6 Å². The number of likely N-dealkylation sites (tertiary alicyclic amines) is 1. The molecule has 1 aromatic rings. The lowest BCUT2D eigenvalue weighted by atomic mass is 9.48. The number of aliphatic hydroxyl groups is 1. The zero-order chi connectivity index (χ0) is 17.0. The van der Waals surface area contributed by atoms with Crippen LogP contribution in [0, 0.1) is 5.92 Å². The standard InChI is InChI=1S/C21H25NO3.ClH.2H2O/c1-12-6-7-21(24)16-10-14-4-5-15(23)18-17(14)20(21,19(12)25-18)8-9-22(16)11-13-2-3-13;;;/h4-5,13,16,19,23-24H,1-3,6-11H2;1H;2*1H2/t16-,19+,20+,21-;;;/m1.../s1. The van der Waals surface area contributed by atoms with E-state index in [0.717, 1.165) is 55.8 Å². The Labute approximate surface area is 171 Å². The van der Waals surface area contributed by atoms with Crippen molar-refractivity contribution in [2.75, 3.05) is 13.1 Å². The maximum absolute atomic E-state index is 12.1. The summed E-state index contributed by atoms with van der Waals surface area (Å²) in [4.78, 5) is 2.56. The average molecular weight is 412 g/mol. The van der Waals surface area contributed by atoms with Gasteiger partial charge in [-0.25, -0.2) is 0 Å². The van der Waals surface area contributed by atoms with Gasteiger partial charge in [-0.2, -0.15) is 0 Å². The molecule has 5 aliphatic rings. The fourth-order valence-corrected chi connectivity index (χ4v) is 6.39. The maximum atomic E-state index is 12.1. The summed E-state index contributed by atoms with van der Waals surface area (Å²) in [6, 6.07) is 3.96. The Balaban J connectivity index is 0.000000750. The number of nitrogens with zero attached hydrogens (tertiary/aromatic N) is 1. The molecule has 1 spiro atoms. The monoisotopic (exact) mass is 411 g/mol. The highest BCUT2D eigenvalue weighted by atomic mass is 35.5. The number of rotatable bonds is 2. The van der Waals surface area contributed by atoms with Gasteiger partial charge in [0.1, 0.15) is 6.10 Å². The number of ether oxygens (including phenoxy) is 1. The number of halogens is 1. The third kappa shape index (κ3) is 2.30. The van der Waals surface area contributed by atoms with Crippen molar-refractivity contribution in [2.24, 2.45) is 5.92 Å². The Morgan fingerprint density at radius 3 is 2.68 bits per heavy atom. The lowest BCUT2D eigenvalue weighted by Crippen LogP contribution is -2.75. The van der Waals surface area contributed by atoms with Crippen LogP contribution in [0.5, 0.6) is 11.5 Å². The molecule has 2 bridgehead atoms. The van der Waals surface area contributed by atoms with E-state index in [9.17, 15) is 10.2 Å². The van der Waals surface area contributed by atoms with E-state index in [-0.39, 0.29) is 41.3 Å². The number of phenols is 1. The molecule has 7 heteroatoms. The fourth-order valence-electron chi connectivity index (χ4n) is 6.39. The van der Waals surface area contributed by atoms with Crippen LogP contribution in [-0.2, 0) is 11.8 Å². The lowest BCUT2D eigenvalue weighted by Gasteiger charge is -2.63. The summed E-state index contributed by atoms with van der Waals surface area (Å²) in [7, 11) is 0. The van der Waals surface area contributed by atoms with E-state index in [4.69, 9.17) is 4.74 Å². The number of aromatic hydroxyl groups is 1. The second kappa shape index (κ2) is 6.61. The average Bonchev–Trinajstić information content (AvgIpc) is 3.32. The Kier molecular flexibility index (Phi) is 5.05. The highest BCUT2D eigenvalue weighted by Gasteiger charge is 2.71. The van der Waals surface area contributed by atoms with Gasteiger partial charge in [0.2, 0.25) is 0 Å². The first-order valence-electron chi connectivity index (χ1n) is 9.71. The Hall–Kier alpha value is -1.31. The fraction of sp³-hybridized carbons (Fsp3) is 0.619. The maximum Gasteiger partial charge on any atom is 0.166 e. The van der Waals surface area contributed by atoms with Crippen LogP contribution in [0.25, 0.3) is 0 Å². The van der Waals surface area contributed by atoms with Crippen molar-refractivity contribution in [3.05, 3.63) is 35.4 Å². The third-order valence-corrected chi connectivity index (χ3v) is 7.71. The molecule has 4 atom stereocenters. The quantitative estimate of drug-likeness (QED) is 0.713. The number of piperidine rings is 1. The van der Waals surface area contributed by atoms with Gasteiger partial charge in [-0.15, -0.1) is 12.4 Å². The smallest absolute Gasteiger partial charge is 0.166 e. The van der Waals surface area contributed by atoms with E-state index in [1.165, 1.54) is 18.4 Å². The summed E-state index contributed by atoms with van der Waals surface area (Å²) in [5, 5.41) is 22.5. The van der Waals surface area contributed by atoms with E-state index < -0.39 is 11.0 Å². The summed E-state index contributed by atoms with van der Waals surface area (Å²) >= 11 is 0. The molecule has 0 unspecified atom stereocenters. The van der Waals surface area contributed by atoms with E-state index in [1.807, 2.05) is 6.07 Å². The van der Waals surface area contributed by atoms with Crippen LogP contribution in [0.3, 0.4) is 0 Å². The molecule has 2 aliphatic heterocycles. The first-order valence-corrected chi connectivity index (χ1v) is 9.71. The van der Waals surface area contributed by atoms with Crippen LogP contribution in [-0.4, -0.2) is 56.9 Å². The molecule has 3 fully saturated rings. The van der Waals surface area contributed by atoms with Crippen molar-refractivity contribution in [1.82, 2.24) is 4.90 Å². The molecule has 6 nitrogen and oxygen atoms in total. The van der Waals surface area contributed by atoms with E-state index >= 15 is 0 Å². The second-order valence-electron chi connectivity index (χ2n) is 8.91. The molecule has 3 aliphatic carbocycles. The van der Waals surface area contributed by atoms with E-state index in [0.29, 0.717) is 5.75 Å². The van der Waals surface area contributed by atoms with Crippen LogP contribution in [0.4, 0.5) is 0 Å². The lowest BCUT2D eigenvalue weighted by molar-refractivity contribution is -0.174. The Bertz CT molecular complexity index is 812. The van der Waals surface area contributed by atoms with Crippen LogP contribution < -0.4 is 4.74 Å². The van der Waals surface area contributed by atoms with Gasteiger partial charge >= 0.3 is 0 Å². The highest BCUT2D eigenvalue weighted by Crippen LogP contribution is 2.66.